The van der Waals surface area contributed by atoms with Crippen molar-refractivity contribution < 1.29 is 33.5 Å². The molecule has 1 aromatic carbocycles. The Morgan fingerprint density at radius 1 is 0.833 bits per heavy atom. The molecule has 0 saturated carbocycles. The number of ether oxygens (including phenoxy) is 1. The number of anilines is 1. The lowest BCUT2D eigenvalue weighted by Gasteiger charge is -2.25. The fourth-order valence-corrected chi connectivity index (χ4v) is 4.96. The summed E-state index contributed by atoms with van der Waals surface area (Å²) >= 11 is 0. The van der Waals surface area contributed by atoms with Gasteiger partial charge in [0.05, 0.1) is 0 Å². The molecule has 266 valence electrons. The minimum atomic E-state index is -0.890. The summed E-state index contributed by atoms with van der Waals surface area (Å²) in [5.41, 5.74) is 3.80. The Balaban J connectivity index is 1.86. The fraction of sp³-hybridized carbons (Fsp3) is 0.588. The maximum atomic E-state index is 13.3. The summed E-state index contributed by atoms with van der Waals surface area (Å²) in [5.74, 6) is 3.29. The van der Waals surface area contributed by atoms with Crippen LogP contribution in [0.25, 0.3) is 0 Å². The van der Waals surface area contributed by atoms with Crippen LogP contribution in [-0.2, 0) is 35.3 Å². The number of carbonyl (C=O) groups excluding carboxylic acids is 6. The van der Waals surface area contributed by atoms with E-state index in [0.717, 1.165) is 31.2 Å². The summed E-state index contributed by atoms with van der Waals surface area (Å²) < 4.78 is 5.26. The quantitative estimate of drug-likeness (QED) is 0.0438. The van der Waals surface area contributed by atoms with E-state index in [9.17, 15) is 28.8 Å². The number of hydrogen-bond acceptors (Lipinski definition) is 9. The van der Waals surface area contributed by atoms with Crippen LogP contribution >= 0.6 is 0 Å². The molecule has 0 radical (unpaired) electrons. The number of nitrogens with zero attached hydrogens (tertiary/aromatic N) is 1. The van der Waals surface area contributed by atoms with E-state index in [0.29, 0.717) is 57.4 Å². The molecular weight excluding hydrogens is 618 g/mol. The molecule has 7 N–H and O–H groups in total. The monoisotopic (exact) mass is 671 g/mol. The molecule has 0 saturated heterocycles. The van der Waals surface area contributed by atoms with Gasteiger partial charge < -0.3 is 26.0 Å². The number of nitrogens with two attached hydrogens (primary N) is 1. The van der Waals surface area contributed by atoms with Gasteiger partial charge in [-0.1, -0.05) is 58.6 Å². The summed E-state index contributed by atoms with van der Waals surface area (Å²) in [6, 6.07) is 5.10. The molecule has 14 heteroatoms. The van der Waals surface area contributed by atoms with Gasteiger partial charge in [-0.05, 0) is 55.7 Å². The van der Waals surface area contributed by atoms with Crippen molar-refractivity contribution in [3.8, 4) is 0 Å². The molecule has 6 amide bonds. The van der Waals surface area contributed by atoms with Gasteiger partial charge in [0.25, 0.3) is 11.8 Å². The van der Waals surface area contributed by atoms with Crippen LogP contribution < -0.4 is 32.5 Å². The summed E-state index contributed by atoms with van der Waals surface area (Å²) in [7, 11) is 0. The molecule has 1 aliphatic heterocycles. The number of unbranched alkanes of at least 4 members (excludes halogenated alkanes) is 5. The molecule has 0 aliphatic carbocycles. The minimum absolute atomic E-state index is 0.0838. The van der Waals surface area contributed by atoms with Crippen molar-refractivity contribution in [1.82, 2.24) is 26.3 Å². The molecule has 0 spiro atoms. The average Bonchev–Trinajstić information content (AvgIpc) is 3.38. The molecule has 0 aromatic heterocycles. The molecule has 0 fully saturated rings. The molecule has 2 rings (SSSR count). The first kappa shape index (κ1) is 39.9. The van der Waals surface area contributed by atoms with E-state index < -0.39 is 30.0 Å². The van der Waals surface area contributed by atoms with Crippen molar-refractivity contribution in [3.05, 3.63) is 42.0 Å². The van der Waals surface area contributed by atoms with Gasteiger partial charge in [0, 0.05) is 43.9 Å². The average molecular weight is 672 g/mol. The zero-order valence-electron chi connectivity index (χ0n) is 28.5. The third-order valence-electron chi connectivity index (χ3n) is 7.79. The lowest BCUT2D eigenvalue weighted by Crippen LogP contribution is -2.54. The maximum absolute atomic E-state index is 13.3. The normalized spacial score (nSPS) is 13.7. The van der Waals surface area contributed by atoms with Crippen molar-refractivity contribution in [2.24, 2.45) is 11.8 Å². The first-order valence-electron chi connectivity index (χ1n) is 16.9. The molecule has 14 nitrogen and oxygen atoms in total. The Kier molecular flexibility index (Phi) is 18.5. The number of carbonyl (C=O) groups is 6. The Morgan fingerprint density at radius 2 is 1.52 bits per heavy atom. The zero-order chi connectivity index (χ0) is 35.3. The molecular formula is C34H53N7O7. The Labute approximate surface area is 283 Å². The van der Waals surface area contributed by atoms with Crippen LogP contribution in [0, 0.1) is 5.92 Å². The number of hydrazine groups is 1. The van der Waals surface area contributed by atoms with Crippen LogP contribution in [-0.4, -0.2) is 72.2 Å². The SMILES string of the molecule is CCCCCCNC(=O)OCc1ccc(NC(=O)[C@H](CCCNN)NC(=O)[C@@H](NC(=O)CCCCCN2C(=O)C=CC2=O)C(C)C)cc1. The maximum Gasteiger partial charge on any atom is 0.407 e. The number of amides is 6. The van der Waals surface area contributed by atoms with Crippen LogP contribution in [0.1, 0.15) is 90.5 Å². The second-order valence-corrected chi connectivity index (χ2v) is 12.2. The van der Waals surface area contributed by atoms with Crippen LogP contribution in [0.2, 0.25) is 0 Å². The van der Waals surface area contributed by atoms with Crippen molar-refractivity contribution in [2.45, 2.75) is 104 Å². The summed E-state index contributed by atoms with van der Waals surface area (Å²) in [4.78, 5) is 75.7. The number of rotatable bonds is 23. The van der Waals surface area contributed by atoms with Crippen molar-refractivity contribution in [3.63, 3.8) is 0 Å². The molecule has 1 aromatic rings. The Hall–Kier alpha value is -4.30. The van der Waals surface area contributed by atoms with Gasteiger partial charge >= 0.3 is 6.09 Å². The number of hydrogen-bond donors (Lipinski definition) is 6. The smallest absolute Gasteiger partial charge is 0.407 e. The highest BCUT2D eigenvalue weighted by atomic mass is 16.5. The topological polar surface area (TPSA) is 201 Å². The van der Waals surface area contributed by atoms with Gasteiger partial charge in [0.1, 0.15) is 18.7 Å². The van der Waals surface area contributed by atoms with E-state index in [4.69, 9.17) is 10.6 Å². The second kappa shape index (κ2) is 22.3. The lowest BCUT2D eigenvalue weighted by molar-refractivity contribution is -0.137. The standard InChI is InChI=1S/C34H53N7O7/c1-4-5-6-9-20-36-34(47)48-23-25-14-16-26(17-15-25)38-32(45)27(12-11-21-37-35)39-33(46)31(24(2)3)40-28(42)13-8-7-10-22-41-29(43)18-19-30(41)44/h14-19,24,27,31,37H,4-13,20-23,35H2,1-3H3,(H,36,47)(H,38,45)(H,39,46)(H,40,42)/t27-,31-/m0/s1. The van der Waals surface area contributed by atoms with E-state index in [1.807, 2.05) is 0 Å². The molecule has 48 heavy (non-hydrogen) atoms. The zero-order valence-corrected chi connectivity index (χ0v) is 28.5. The van der Waals surface area contributed by atoms with Crippen LogP contribution in [0.15, 0.2) is 36.4 Å². The van der Waals surface area contributed by atoms with Crippen LogP contribution in [0.5, 0.6) is 0 Å². The Morgan fingerprint density at radius 3 is 2.17 bits per heavy atom. The number of imide groups is 1. The predicted octanol–water partition coefficient (Wildman–Crippen LogP) is 2.79. The molecule has 1 aliphatic rings. The van der Waals surface area contributed by atoms with Gasteiger partial charge in [0.15, 0.2) is 0 Å². The van der Waals surface area contributed by atoms with E-state index in [2.05, 4.69) is 33.6 Å². The summed E-state index contributed by atoms with van der Waals surface area (Å²) in [5, 5.41) is 11.1. The van der Waals surface area contributed by atoms with E-state index in [-0.39, 0.29) is 36.7 Å². The Bertz CT molecular complexity index is 1220. The van der Waals surface area contributed by atoms with Gasteiger partial charge in [-0.3, -0.25) is 40.1 Å². The second-order valence-electron chi connectivity index (χ2n) is 12.2. The van der Waals surface area contributed by atoms with E-state index in [1.165, 1.54) is 17.1 Å². The fourth-order valence-electron chi connectivity index (χ4n) is 4.96. The van der Waals surface area contributed by atoms with Crippen LogP contribution in [0.4, 0.5) is 10.5 Å². The predicted molar refractivity (Wildman–Crippen MR) is 182 cm³/mol. The minimum Gasteiger partial charge on any atom is -0.445 e. The highest BCUT2D eigenvalue weighted by Gasteiger charge is 2.29. The van der Waals surface area contributed by atoms with Crippen molar-refractivity contribution in [1.29, 1.82) is 0 Å². The molecule has 0 unspecified atom stereocenters. The van der Waals surface area contributed by atoms with Crippen molar-refractivity contribution >= 4 is 41.3 Å². The third kappa shape index (κ3) is 15.1. The third-order valence-corrected chi connectivity index (χ3v) is 7.79. The molecule has 0 bridgehead atoms. The highest BCUT2D eigenvalue weighted by Crippen LogP contribution is 2.13. The highest BCUT2D eigenvalue weighted by molar-refractivity contribution is 6.12. The van der Waals surface area contributed by atoms with E-state index in [1.54, 1.807) is 38.1 Å². The van der Waals surface area contributed by atoms with E-state index >= 15 is 0 Å². The first-order valence-corrected chi connectivity index (χ1v) is 16.9. The van der Waals surface area contributed by atoms with Gasteiger partial charge in [-0.2, -0.15) is 0 Å². The van der Waals surface area contributed by atoms with Gasteiger partial charge in [-0.25, -0.2) is 4.79 Å². The lowest BCUT2D eigenvalue weighted by atomic mass is 10.0. The largest absolute Gasteiger partial charge is 0.445 e. The number of benzene rings is 1. The number of alkyl carbamates (subject to hydrolysis) is 1. The van der Waals surface area contributed by atoms with Gasteiger partial charge in [0.2, 0.25) is 17.7 Å². The van der Waals surface area contributed by atoms with Crippen molar-refractivity contribution in [2.75, 3.05) is 25.0 Å². The van der Waals surface area contributed by atoms with Gasteiger partial charge in [-0.15, -0.1) is 0 Å². The van der Waals surface area contributed by atoms with Crippen LogP contribution in [0.3, 0.4) is 0 Å². The summed E-state index contributed by atoms with van der Waals surface area (Å²) in [6.07, 6.45) is 8.93. The first-order chi connectivity index (χ1) is 23.0. The summed E-state index contributed by atoms with van der Waals surface area (Å²) in [6.45, 7) is 7.12. The molecule has 1 heterocycles. The molecule has 2 atom stereocenters. The number of nitrogens with one attached hydrogen (secondary N) is 5.